The summed E-state index contributed by atoms with van der Waals surface area (Å²) in [4.78, 5) is -0.298. The van der Waals surface area contributed by atoms with Crippen molar-refractivity contribution < 1.29 is 18.3 Å². The lowest BCUT2D eigenvalue weighted by molar-refractivity contribution is 0.410. The number of hydrogen-bond donors (Lipinski definition) is 1. The zero-order valence-corrected chi connectivity index (χ0v) is 14.3. The van der Waals surface area contributed by atoms with E-state index in [-0.39, 0.29) is 20.7 Å². The van der Waals surface area contributed by atoms with Gasteiger partial charge >= 0.3 is 0 Å². The highest BCUT2D eigenvalue weighted by Crippen LogP contribution is 2.36. The molecule has 0 fully saturated rings. The van der Waals surface area contributed by atoms with Gasteiger partial charge in [0.25, 0.3) is 0 Å². The van der Waals surface area contributed by atoms with E-state index >= 15 is 0 Å². The van der Waals surface area contributed by atoms with Crippen LogP contribution in [0.15, 0.2) is 35.2 Å². The largest absolute Gasteiger partial charge is 0.505 e. The molecule has 0 bridgehead atoms. The van der Waals surface area contributed by atoms with E-state index in [9.17, 15) is 13.5 Å². The minimum absolute atomic E-state index is 0.109. The summed E-state index contributed by atoms with van der Waals surface area (Å²) in [5.74, 6) is -0.373. The second-order valence-electron chi connectivity index (χ2n) is 4.81. The second kappa shape index (κ2) is 6.36. The molecule has 0 amide bonds. The third kappa shape index (κ3) is 3.48. The van der Waals surface area contributed by atoms with Gasteiger partial charge in [-0.25, -0.2) is 8.42 Å². The molecule has 118 valence electrons. The van der Waals surface area contributed by atoms with Crippen LogP contribution in [0.3, 0.4) is 0 Å². The Morgan fingerprint density at radius 3 is 2.50 bits per heavy atom. The van der Waals surface area contributed by atoms with Gasteiger partial charge in [-0.15, -0.1) is 0 Å². The quantitative estimate of drug-likeness (QED) is 0.894. The summed E-state index contributed by atoms with van der Waals surface area (Å²) in [6, 6.07) is 7.71. The van der Waals surface area contributed by atoms with E-state index < -0.39 is 15.6 Å². The molecule has 0 aliphatic heterocycles. The fourth-order valence-electron chi connectivity index (χ4n) is 2.08. The maximum absolute atomic E-state index is 12.6. The van der Waals surface area contributed by atoms with E-state index in [2.05, 4.69) is 0 Å². The monoisotopic (exact) mass is 360 g/mol. The summed E-state index contributed by atoms with van der Waals surface area (Å²) in [5, 5.41) is 9.94. The van der Waals surface area contributed by atoms with Gasteiger partial charge in [-0.2, -0.15) is 0 Å². The third-order valence-corrected chi connectivity index (χ3v) is 5.29. The van der Waals surface area contributed by atoms with Crippen molar-refractivity contribution in [1.82, 2.24) is 0 Å². The van der Waals surface area contributed by atoms with Gasteiger partial charge in [0.1, 0.15) is 10.6 Å². The minimum atomic E-state index is -3.84. The Labute approximate surface area is 139 Å². The van der Waals surface area contributed by atoms with Gasteiger partial charge in [0.15, 0.2) is 15.6 Å². The number of ether oxygens (including phenoxy) is 1. The van der Waals surface area contributed by atoms with Gasteiger partial charge in [0.2, 0.25) is 0 Å². The number of methoxy groups -OCH3 is 1. The molecule has 2 aromatic carbocycles. The smallest absolute Gasteiger partial charge is 0.186 e. The molecule has 2 aromatic rings. The Kier molecular flexibility index (Phi) is 4.90. The number of rotatable bonds is 4. The van der Waals surface area contributed by atoms with Gasteiger partial charge in [0, 0.05) is 10.6 Å². The Hall–Kier alpha value is -1.43. The van der Waals surface area contributed by atoms with Gasteiger partial charge in [0.05, 0.1) is 17.9 Å². The van der Waals surface area contributed by atoms with Crippen molar-refractivity contribution >= 4 is 33.0 Å². The van der Waals surface area contributed by atoms with Crippen molar-refractivity contribution in [3.63, 3.8) is 0 Å². The molecule has 0 unspecified atom stereocenters. The number of hydrogen-bond acceptors (Lipinski definition) is 4. The predicted octanol–water partition coefficient (Wildman–Crippen LogP) is 3.99. The van der Waals surface area contributed by atoms with Crippen LogP contribution in [0, 0.1) is 6.92 Å². The summed E-state index contributed by atoms with van der Waals surface area (Å²) in [7, 11) is -2.37. The molecule has 7 heteroatoms. The van der Waals surface area contributed by atoms with Gasteiger partial charge < -0.3 is 9.84 Å². The van der Waals surface area contributed by atoms with Crippen LogP contribution in [-0.2, 0) is 15.6 Å². The summed E-state index contributed by atoms with van der Waals surface area (Å²) in [6.07, 6.45) is 0. The van der Waals surface area contributed by atoms with Gasteiger partial charge in [-0.1, -0.05) is 40.9 Å². The van der Waals surface area contributed by atoms with Crippen molar-refractivity contribution in [3.05, 3.63) is 51.5 Å². The predicted molar refractivity (Wildman–Crippen MR) is 86.7 cm³/mol. The highest BCUT2D eigenvalue weighted by atomic mass is 35.5. The summed E-state index contributed by atoms with van der Waals surface area (Å²) >= 11 is 11.6. The van der Waals surface area contributed by atoms with Crippen LogP contribution in [0.5, 0.6) is 11.5 Å². The molecule has 0 heterocycles. The average Bonchev–Trinajstić information content (AvgIpc) is 2.42. The van der Waals surface area contributed by atoms with E-state index in [0.29, 0.717) is 11.3 Å². The van der Waals surface area contributed by atoms with Crippen LogP contribution < -0.4 is 4.74 Å². The SMILES string of the molecule is COc1ccc(C)cc1CS(=O)(=O)c1cc(Cl)cc(Cl)c1O. The number of phenols is 1. The van der Waals surface area contributed by atoms with Crippen LogP contribution in [0.1, 0.15) is 11.1 Å². The zero-order chi connectivity index (χ0) is 16.5. The van der Waals surface area contributed by atoms with Crippen molar-refractivity contribution in [2.45, 2.75) is 17.6 Å². The molecule has 1 N–H and O–H groups in total. The molecule has 0 atom stereocenters. The maximum Gasteiger partial charge on any atom is 0.186 e. The molecular weight excluding hydrogens is 347 g/mol. The molecule has 0 aliphatic rings. The first-order valence-corrected chi connectivity index (χ1v) is 8.69. The normalized spacial score (nSPS) is 11.5. The molecule has 0 aliphatic carbocycles. The Balaban J connectivity index is 2.51. The Morgan fingerprint density at radius 2 is 1.86 bits per heavy atom. The molecular formula is C15H14Cl2O4S. The van der Waals surface area contributed by atoms with Crippen molar-refractivity contribution in [3.8, 4) is 11.5 Å². The van der Waals surface area contributed by atoms with E-state index in [0.717, 1.165) is 5.56 Å². The fraction of sp³-hybridized carbons (Fsp3) is 0.200. The first kappa shape index (κ1) is 16.9. The molecule has 0 aromatic heterocycles. The maximum atomic E-state index is 12.6. The molecule has 2 rings (SSSR count). The summed E-state index contributed by atoms with van der Waals surface area (Å²) < 4.78 is 30.3. The number of aromatic hydroxyl groups is 1. The van der Waals surface area contributed by atoms with Gasteiger partial charge in [-0.05, 0) is 25.1 Å². The number of benzene rings is 2. The van der Waals surface area contributed by atoms with E-state index in [1.165, 1.54) is 19.2 Å². The standard InChI is InChI=1S/C15H14Cl2O4S/c1-9-3-4-13(21-2)10(5-9)8-22(19,20)14-7-11(16)6-12(17)15(14)18/h3-7,18H,8H2,1-2H3. The molecule has 0 saturated carbocycles. The Morgan fingerprint density at radius 1 is 1.18 bits per heavy atom. The van der Waals surface area contributed by atoms with E-state index in [4.69, 9.17) is 27.9 Å². The summed E-state index contributed by atoms with van der Waals surface area (Å²) in [6.45, 7) is 1.85. The van der Waals surface area contributed by atoms with Crippen LogP contribution >= 0.6 is 23.2 Å². The van der Waals surface area contributed by atoms with Crippen molar-refractivity contribution in [2.75, 3.05) is 7.11 Å². The lowest BCUT2D eigenvalue weighted by Crippen LogP contribution is -2.07. The van der Waals surface area contributed by atoms with Crippen LogP contribution in [0.25, 0.3) is 0 Å². The fourth-order valence-corrected chi connectivity index (χ4v) is 4.20. The molecule has 0 saturated heterocycles. The van der Waals surface area contributed by atoms with Crippen LogP contribution in [0.4, 0.5) is 0 Å². The lowest BCUT2D eigenvalue weighted by Gasteiger charge is -2.12. The van der Waals surface area contributed by atoms with E-state index in [1.54, 1.807) is 12.1 Å². The van der Waals surface area contributed by atoms with Crippen LogP contribution in [0.2, 0.25) is 10.0 Å². The van der Waals surface area contributed by atoms with E-state index in [1.807, 2.05) is 13.0 Å². The number of phenolic OH excluding ortho intramolecular Hbond substituents is 1. The van der Waals surface area contributed by atoms with Crippen LogP contribution in [-0.4, -0.2) is 20.6 Å². The van der Waals surface area contributed by atoms with Gasteiger partial charge in [-0.3, -0.25) is 0 Å². The zero-order valence-electron chi connectivity index (χ0n) is 11.9. The highest BCUT2D eigenvalue weighted by molar-refractivity contribution is 7.90. The third-order valence-electron chi connectivity index (χ3n) is 3.11. The Bertz CT molecular complexity index is 817. The first-order valence-electron chi connectivity index (χ1n) is 6.29. The number of sulfone groups is 1. The molecule has 0 radical (unpaired) electrons. The average molecular weight is 361 g/mol. The molecule has 4 nitrogen and oxygen atoms in total. The first-order chi connectivity index (χ1) is 10.2. The molecule has 22 heavy (non-hydrogen) atoms. The number of halogens is 2. The van der Waals surface area contributed by atoms with Crippen molar-refractivity contribution in [2.24, 2.45) is 0 Å². The topological polar surface area (TPSA) is 63.6 Å². The molecule has 0 spiro atoms. The second-order valence-corrected chi connectivity index (χ2v) is 7.61. The minimum Gasteiger partial charge on any atom is -0.505 e. The highest BCUT2D eigenvalue weighted by Gasteiger charge is 2.23. The van der Waals surface area contributed by atoms with Crippen molar-refractivity contribution in [1.29, 1.82) is 0 Å². The summed E-state index contributed by atoms with van der Waals surface area (Å²) in [5.41, 5.74) is 1.40. The number of aryl methyl sites for hydroxylation is 1. The lowest BCUT2D eigenvalue weighted by atomic mass is 10.1.